The van der Waals surface area contributed by atoms with Gasteiger partial charge in [0.2, 0.25) is 0 Å². The maximum Gasteiger partial charge on any atom is 0.315 e. The smallest absolute Gasteiger partial charge is 0.315 e. The van der Waals surface area contributed by atoms with E-state index in [-0.39, 0.29) is 0 Å². The molecule has 2 aromatic heterocycles. The fraction of sp³-hybridized carbons (Fsp3) is 0.125. The molecule has 0 aliphatic carbocycles. The van der Waals surface area contributed by atoms with Crippen LogP contribution in [0.3, 0.4) is 0 Å². The van der Waals surface area contributed by atoms with E-state index in [2.05, 4.69) is 20.5 Å². The minimum Gasteiger partial charge on any atom is -0.403 e. The van der Waals surface area contributed by atoms with Crippen molar-refractivity contribution in [1.29, 1.82) is 0 Å². The highest BCUT2D eigenvalue weighted by Crippen LogP contribution is 2.19. The zero-order valence-corrected chi connectivity index (χ0v) is 8.12. The maximum atomic E-state index is 5.64. The molecule has 0 aliphatic heterocycles. The molecule has 0 aliphatic rings. The SMILES string of the molecule is CNc1nnc(-c2ccc(Cl)nc2)o1. The summed E-state index contributed by atoms with van der Waals surface area (Å²) in [7, 11) is 1.71. The lowest BCUT2D eigenvalue weighted by Crippen LogP contribution is -1.85. The Bertz CT molecular complexity index is 425. The Kier molecular flexibility index (Phi) is 2.32. The highest BCUT2D eigenvalue weighted by Gasteiger charge is 2.06. The van der Waals surface area contributed by atoms with Gasteiger partial charge in [0.15, 0.2) is 0 Å². The Hall–Kier alpha value is -1.62. The van der Waals surface area contributed by atoms with Gasteiger partial charge in [0.05, 0.1) is 5.56 Å². The lowest BCUT2D eigenvalue weighted by Gasteiger charge is -1.93. The van der Waals surface area contributed by atoms with Crippen LogP contribution in [0.5, 0.6) is 0 Å². The molecule has 0 unspecified atom stereocenters. The molecule has 0 saturated carbocycles. The third-order valence-electron chi connectivity index (χ3n) is 1.61. The second-order valence-electron chi connectivity index (χ2n) is 2.53. The van der Waals surface area contributed by atoms with E-state index < -0.39 is 0 Å². The molecule has 6 heteroatoms. The van der Waals surface area contributed by atoms with Crippen LogP contribution in [-0.2, 0) is 0 Å². The number of anilines is 1. The highest BCUT2D eigenvalue weighted by molar-refractivity contribution is 6.29. The first-order valence-electron chi connectivity index (χ1n) is 3.93. The standard InChI is InChI=1S/C8H7ClN4O/c1-10-8-13-12-7(14-8)5-2-3-6(9)11-4-5/h2-4H,1H3,(H,10,13). The zero-order chi connectivity index (χ0) is 9.97. The zero-order valence-electron chi connectivity index (χ0n) is 7.36. The van der Waals surface area contributed by atoms with Crippen molar-refractivity contribution in [1.82, 2.24) is 15.2 Å². The van der Waals surface area contributed by atoms with E-state index in [0.29, 0.717) is 17.1 Å². The lowest BCUT2D eigenvalue weighted by molar-refractivity contribution is 0.585. The molecular weight excluding hydrogens is 204 g/mol. The van der Waals surface area contributed by atoms with Gasteiger partial charge in [-0.25, -0.2) is 4.98 Å². The van der Waals surface area contributed by atoms with E-state index in [1.807, 2.05) is 0 Å². The van der Waals surface area contributed by atoms with Gasteiger partial charge in [0.1, 0.15) is 5.15 Å². The summed E-state index contributed by atoms with van der Waals surface area (Å²) in [6.07, 6.45) is 1.58. The van der Waals surface area contributed by atoms with Gasteiger partial charge in [0, 0.05) is 13.2 Å². The van der Waals surface area contributed by atoms with Gasteiger partial charge in [-0.3, -0.25) is 0 Å². The summed E-state index contributed by atoms with van der Waals surface area (Å²) in [5.41, 5.74) is 0.739. The molecular formula is C8H7ClN4O. The van der Waals surface area contributed by atoms with E-state index in [1.54, 1.807) is 25.4 Å². The predicted octanol–water partition coefficient (Wildman–Crippen LogP) is 1.83. The molecule has 0 amide bonds. The van der Waals surface area contributed by atoms with E-state index in [0.717, 1.165) is 5.56 Å². The minimum atomic E-state index is 0.370. The number of nitrogens with zero attached hydrogens (tertiary/aromatic N) is 3. The summed E-state index contributed by atoms with van der Waals surface area (Å²) in [6.45, 7) is 0. The molecule has 0 atom stereocenters. The van der Waals surface area contributed by atoms with Gasteiger partial charge in [-0.2, -0.15) is 0 Å². The monoisotopic (exact) mass is 210 g/mol. The van der Waals surface area contributed by atoms with Crippen LogP contribution in [-0.4, -0.2) is 22.2 Å². The molecule has 2 aromatic rings. The van der Waals surface area contributed by atoms with Crippen molar-refractivity contribution in [3.8, 4) is 11.5 Å². The van der Waals surface area contributed by atoms with Gasteiger partial charge >= 0.3 is 6.01 Å². The molecule has 0 bridgehead atoms. The number of rotatable bonds is 2. The molecule has 0 saturated heterocycles. The van der Waals surface area contributed by atoms with Gasteiger partial charge in [-0.05, 0) is 12.1 Å². The molecule has 72 valence electrons. The van der Waals surface area contributed by atoms with Crippen molar-refractivity contribution in [2.45, 2.75) is 0 Å². The first-order chi connectivity index (χ1) is 6.79. The molecule has 0 spiro atoms. The fourth-order valence-corrected chi connectivity index (χ4v) is 1.06. The van der Waals surface area contributed by atoms with Gasteiger partial charge < -0.3 is 9.73 Å². The van der Waals surface area contributed by atoms with Crippen LogP contribution in [0.1, 0.15) is 0 Å². The largest absolute Gasteiger partial charge is 0.403 e. The Morgan fingerprint density at radius 1 is 1.36 bits per heavy atom. The van der Waals surface area contributed by atoms with Crippen molar-refractivity contribution >= 4 is 17.6 Å². The van der Waals surface area contributed by atoms with Crippen LogP contribution in [0.4, 0.5) is 6.01 Å². The van der Waals surface area contributed by atoms with Crippen LogP contribution >= 0.6 is 11.6 Å². The second kappa shape index (κ2) is 3.63. The summed E-state index contributed by atoms with van der Waals surface area (Å²) < 4.78 is 5.24. The molecule has 14 heavy (non-hydrogen) atoms. The number of aromatic nitrogens is 3. The fourth-order valence-electron chi connectivity index (χ4n) is 0.943. The lowest BCUT2D eigenvalue weighted by atomic mass is 10.3. The van der Waals surface area contributed by atoms with Crippen molar-refractivity contribution < 1.29 is 4.42 Å². The maximum absolute atomic E-state index is 5.64. The first kappa shape index (κ1) is 8.96. The Morgan fingerprint density at radius 2 is 2.21 bits per heavy atom. The molecule has 2 heterocycles. The van der Waals surface area contributed by atoms with Crippen LogP contribution in [0.15, 0.2) is 22.7 Å². The van der Waals surface area contributed by atoms with Gasteiger partial charge in [0.25, 0.3) is 5.89 Å². The number of hydrogen-bond donors (Lipinski definition) is 1. The second-order valence-corrected chi connectivity index (χ2v) is 2.92. The summed E-state index contributed by atoms with van der Waals surface area (Å²) in [5, 5.41) is 10.7. The van der Waals surface area contributed by atoms with Crippen LogP contribution in [0.25, 0.3) is 11.5 Å². The van der Waals surface area contributed by atoms with Crippen molar-refractivity contribution in [3.05, 3.63) is 23.5 Å². The average Bonchev–Trinajstić information content (AvgIpc) is 2.67. The Balaban J connectivity index is 2.34. The van der Waals surface area contributed by atoms with Gasteiger partial charge in [-0.15, -0.1) is 5.10 Å². The Labute approximate surface area is 85.1 Å². The van der Waals surface area contributed by atoms with Crippen LogP contribution in [0, 0.1) is 0 Å². The molecule has 2 rings (SSSR count). The third-order valence-corrected chi connectivity index (χ3v) is 1.84. The Morgan fingerprint density at radius 3 is 2.79 bits per heavy atom. The quantitative estimate of drug-likeness (QED) is 0.767. The number of nitrogens with one attached hydrogen (secondary N) is 1. The average molecular weight is 211 g/mol. The van der Waals surface area contributed by atoms with E-state index in [1.165, 1.54) is 0 Å². The molecule has 0 aromatic carbocycles. The minimum absolute atomic E-state index is 0.370. The first-order valence-corrected chi connectivity index (χ1v) is 4.30. The molecule has 0 radical (unpaired) electrons. The normalized spacial score (nSPS) is 10.1. The van der Waals surface area contributed by atoms with Gasteiger partial charge in [-0.1, -0.05) is 16.7 Å². The van der Waals surface area contributed by atoms with E-state index in [4.69, 9.17) is 16.0 Å². The summed E-state index contributed by atoms with van der Waals surface area (Å²) in [6, 6.07) is 3.80. The van der Waals surface area contributed by atoms with Crippen LogP contribution in [0.2, 0.25) is 5.15 Å². The van der Waals surface area contributed by atoms with Crippen molar-refractivity contribution in [3.63, 3.8) is 0 Å². The summed E-state index contributed by atoms with van der Waals surface area (Å²) >= 11 is 5.64. The topological polar surface area (TPSA) is 63.8 Å². The van der Waals surface area contributed by atoms with E-state index >= 15 is 0 Å². The molecule has 5 nitrogen and oxygen atoms in total. The summed E-state index contributed by atoms with van der Waals surface area (Å²) in [5.74, 6) is 0.415. The number of hydrogen-bond acceptors (Lipinski definition) is 5. The number of halogens is 1. The molecule has 1 N–H and O–H groups in total. The highest BCUT2D eigenvalue weighted by atomic mass is 35.5. The predicted molar refractivity (Wildman–Crippen MR) is 52.1 cm³/mol. The van der Waals surface area contributed by atoms with Crippen molar-refractivity contribution in [2.75, 3.05) is 12.4 Å². The summed E-state index contributed by atoms with van der Waals surface area (Å²) in [4.78, 5) is 3.91. The third kappa shape index (κ3) is 1.67. The number of pyridine rings is 1. The molecule has 0 fully saturated rings. The van der Waals surface area contributed by atoms with Crippen molar-refractivity contribution in [2.24, 2.45) is 0 Å². The van der Waals surface area contributed by atoms with Crippen LogP contribution < -0.4 is 5.32 Å². The van der Waals surface area contributed by atoms with E-state index in [9.17, 15) is 0 Å².